The Balaban J connectivity index is 1.87. The second kappa shape index (κ2) is 8.81. The lowest BCUT2D eigenvalue weighted by atomic mass is 10.2. The third-order valence-electron chi connectivity index (χ3n) is 3.90. The fourth-order valence-corrected chi connectivity index (χ4v) is 4.77. The van der Waals surface area contributed by atoms with E-state index >= 15 is 0 Å². The lowest BCUT2D eigenvalue weighted by Gasteiger charge is -2.12. The Morgan fingerprint density at radius 1 is 1.17 bits per heavy atom. The van der Waals surface area contributed by atoms with Gasteiger partial charge in [0.2, 0.25) is 0 Å². The molecule has 29 heavy (non-hydrogen) atoms. The van der Waals surface area contributed by atoms with Gasteiger partial charge in [-0.15, -0.1) is 6.58 Å². The molecule has 1 heterocycles. The molecule has 0 bridgehead atoms. The minimum Gasteiger partial charge on any atom is -0.493 e. The number of rotatable bonds is 7. The largest absolute Gasteiger partial charge is 0.493 e. The molecule has 0 spiro atoms. The molecule has 0 aromatic heterocycles. The monoisotopic (exact) mass is 447 g/mol. The normalized spacial score (nSPS) is 15.6. The van der Waals surface area contributed by atoms with Gasteiger partial charge < -0.3 is 8.92 Å². The molecule has 0 radical (unpaired) electrons. The van der Waals surface area contributed by atoms with Crippen LogP contribution in [-0.4, -0.2) is 37.2 Å². The van der Waals surface area contributed by atoms with Gasteiger partial charge in [-0.2, -0.15) is 8.42 Å². The minimum atomic E-state index is -4.00. The molecule has 1 aliphatic rings. The van der Waals surface area contributed by atoms with E-state index in [1.165, 1.54) is 42.0 Å². The zero-order valence-corrected chi connectivity index (χ0v) is 17.9. The molecule has 3 rings (SSSR count). The minimum absolute atomic E-state index is 0.0389. The Hall–Kier alpha value is -2.62. The maximum absolute atomic E-state index is 12.4. The Morgan fingerprint density at radius 3 is 2.55 bits per heavy atom. The van der Waals surface area contributed by atoms with Crippen molar-refractivity contribution in [1.82, 2.24) is 4.90 Å². The molecule has 2 aromatic rings. The number of amides is 1. The molecule has 0 aliphatic carbocycles. The van der Waals surface area contributed by atoms with Crippen LogP contribution in [0.3, 0.4) is 0 Å². The highest BCUT2D eigenvalue weighted by molar-refractivity contribution is 8.26. The third kappa shape index (κ3) is 4.69. The molecule has 150 valence electrons. The van der Waals surface area contributed by atoms with E-state index in [0.717, 1.165) is 0 Å². The SMILES string of the molecule is C=CCN1C(=O)/C(=C/c2ccc(OS(=O)(=O)c3ccccc3)c(OC)c2)SC1=S. The number of carbonyl (C=O) groups is 1. The maximum atomic E-state index is 12.4. The predicted octanol–water partition coefficient (Wildman–Crippen LogP) is 3.85. The van der Waals surface area contributed by atoms with Gasteiger partial charge >= 0.3 is 10.1 Å². The van der Waals surface area contributed by atoms with Crippen LogP contribution < -0.4 is 8.92 Å². The highest BCUT2D eigenvalue weighted by Crippen LogP contribution is 2.35. The molecule has 6 nitrogen and oxygen atoms in total. The average molecular weight is 448 g/mol. The van der Waals surface area contributed by atoms with Crippen molar-refractivity contribution in [2.75, 3.05) is 13.7 Å². The number of thiocarbonyl (C=S) groups is 1. The molecule has 1 fully saturated rings. The van der Waals surface area contributed by atoms with Crippen molar-refractivity contribution in [3.05, 3.63) is 71.7 Å². The molecule has 0 saturated carbocycles. The van der Waals surface area contributed by atoms with Crippen LogP contribution >= 0.6 is 24.0 Å². The number of hydrogen-bond donors (Lipinski definition) is 0. The first-order valence-corrected chi connectivity index (χ1v) is 11.0. The van der Waals surface area contributed by atoms with Crippen LogP contribution in [0.2, 0.25) is 0 Å². The lowest BCUT2D eigenvalue weighted by molar-refractivity contribution is -0.121. The van der Waals surface area contributed by atoms with E-state index in [1.807, 2.05) is 0 Å². The summed E-state index contributed by atoms with van der Waals surface area (Å²) in [4.78, 5) is 14.4. The summed E-state index contributed by atoms with van der Waals surface area (Å²) in [6, 6.07) is 12.5. The van der Waals surface area contributed by atoms with E-state index < -0.39 is 10.1 Å². The van der Waals surface area contributed by atoms with Crippen LogP contribution in [0.1, 0.15) is 5.56 Å². The summed E-state index contributed by atoms with van der Waals surface area (Å²) in [5, 5.41) is 0. The summed E-state index contributed by atoms with van der Waals surface area (Å²) in [6.07, 6.45) is 3.27. The van der Waals surface area contributed by atoms with Gasteiger partial charge in [-0.05, 0) is 35.9 Å². The summed E-state index contributed by atoms with van der Waals surface area (Å²) in [7, 11) is -2.59. The highest BCUT2D eigenvalue weighted by atomic mass is 32.2. The Kier molecular flexibility index (Phi) is 6.41. The quantitative estimate of drug-likeness (QED) is 0.276. The van der Waals surface area contributed by atoms with Crippen molar-refractivity contribution in [1.29, 1.82) is 0 Å². The van der Waals surface area contributed by atoms with Gasteiger partial charge in [0.15, 0.2) is 11.5 Å². The lowest BCUT2D eigenvalue weighted by Crippen LogP contribution is -2.27. The third-order valence-corrected chi connectivity index (χ3v) is 6.53. The molecule has 9 heteroatoms. The van der Waals surface area contributed by atoms with Gasteiger partial charge in [0.25, 0.3) is 5.91 Å². The van der Waals surface area contributed by atoms with Crippen LogP contribution in [0, 0.1) is 0 Å². The van der Waals surface area contributed by atoms with Crippen molar-refractivity contribution in [2.24, 2.45) is 0 Å². The van der Waals surface area contributed by atoms with Gasteiger partial charge in [0, 0.05) is 6.54 Å². The molecular formula is C20H17NO5S3. The molecule has 0 atom stereocenters. The summed E-state index contributed by atoms with van der Waals surface area (Å²) in [5.74, 6) is 0.0679. The molecule has 1 aliphatic heterocycles. The van der Waals surface area contributed by atoms with Crippen molar-refractivity contribution in [3.8, 4) is 11.5 Å². The number of carbonyl (C=O) groups excluding carboxylic acids is 1. The molecule has 1 saturated heterocycles. The molecule has 2 aromatic carbocycles. The van der Waals surface area contributed by atoms with Crippen molar-refractivity contribution in [3.63, 3.8) is 0 Å². The van der Waals surface area contributed by atoms with Crippen LogP contribution in [0.4, 0.5) is 0 Å². The van der Waals surface area contributed by atoms with Gasteiger partial charge in [0.05, 0.1) is 12.0 Å². The van der Waals surface area contributed by atoms with Gasteiger partial charge in [-0.25, -0.2) is 0 Å². The standard InChI is InChI=1S/C20H17NO5S3/c1-3-11-21-19(22)18(28-20(21)27)13-14-9-10-16(17(12-14)25-2)26-29(23,24)15-7-5-4-6-8-15/h3-10,12-13H,1,11H2,2H3/b18-13-. The number of methoxy groups -OCH3 is 1. The second-order valence-corrected chi connectivity index (χ2v) is 9.06. The molecule has 0 N–H and O–H groups in total. The zero-order chi connectivity index (χ0) is 21.0. The summed E-state index contributed by atoms with van der Waals surface area (Å²) >= 11 is 6.41. The molecule has 0 unspecified atom stereocenters. The van der Waals surface area contributed by atoms with Crippen LogP contribution in [0.5, 0.6) is 11.5 Å². The van der Waals surface area contributed by atoms with Gasteiger partial charge in [-0.1, -0.05) is 54.3 Å². The second-order valence-electron chi connectivity index (χ2n) is 5.84. The van der Waals surface area contributed by atoms with Crippen LogP contribution in [-0.2, 0) is 14.9 Å². The van der Waals surface area contributed by atoms with Crippen molar-refractivity contribution >= 4 is 50.4 Å². The average Bonchev–Trinajstić information content (AvgIpc) is 2.97. The number of nitrogens with zero attached hydrogens (tertiary/aromatic N) is 1. The van der Waals surface area contributed by atoms with Gasteiger partial charge in [-0.3, -0.25) is 9.69 Å². The summed E-state index contributed by atoms with van der Waals surface area (Å²) < 4.78 is 35.9. The van der Waals surface area contributed by atoms with Gasteiger partial charge in [0.1, 0.15) is 9.22 Å². The maximum Gasteiger partial charge on any atom is 0.339 e. The number of benzene rings is 2. The smallest absolute Gasteiger partial charge is 0.339 e. The molecular weight excluding hydrogens is 430 g/mol. The summed E-state index contributed by atoms with van der Waals surface area (Å²) in [6.45, 7) is 3.97. The fraction of sp³-hybridized carbons (Fsp3) is 0.100. The van der Waals surface area contributed by atoms with Crippen LogP contribution in [0.15, 0.2) is 71.0 Å². The van der Waals surface area contributed by atoms with Crippen LogP contribution in [0.25, 0.3) is 6.08 Å². The first kappa shape index (κ1) is 21.1. The Bertz CT molecular complexity index is 1090. The number of ether oxygens (including phenoxy) is 1. The topological polar surface area (TPSA) is 72.9 Å². The number of thioether (sulfide) groups is 1. The number of hydrogen-bond acceptors (Lipinski definition) is 7. The zero-order valence-electron chi connectivity index (χ0n) is 15.4. The molecule has 1 amide bonds. The van der Waals surface area contributed by atoms with E-state index in [9.17, 15) is 13.2 Å². The van der Waals surface area contributed by atoms with E-state index in [-0.39, 0.29) is 22.3 Å². The van der Waals surface area contributed by atoms with E-state index in [4.69, 9.17) is 21.1 Å². The van der Waals surface area contributed by atoms with E-state index in [2.05, 4.69) is 6.58 Å². The first-order valence-electron chi connectivity index (χ1n) is 8.39. The van der Waals surface area contributed by atoms with E-state index in [0.29, 0.717) is 21.3 Å². The fourth-order valence-electron chi connectivity index (χ4n) is 2.53. The first-order chi connectivity index (χ1) is 13.9. The Labute approximate surface area is 178 Å². The Morgan fingerprint density at radius 2 is 1.90 bits per heavy atom. The predicted molar refractivity (Wildman–Crippen MR) is 117 cm³/mol. The van der Waals surface area contributed by atoms with Crippen molar-refractivity contribution < 1.29 is 22.1 Å². The highest BCUT2D eigenvalue weighted by Gasteiger charge is 2.31. The summed E-state index contributed by atoms with van der Waals surface area (Å²) in [5.41, 5.74) is 0.644. The van der Waals surface area contributed by atoms with E-state index in [1.54, 1.807) is 42.5 Å². The van der Waals surface area contributed by atoms with Crippen molar-refractivity contribution in [2.45, 2.75) is 4.90 Å².